The zero-order valence-corrected chi connectivity index (χ0v) is 11.6. The molecule has 0 saturated carbocycles. The fourth-order valence-electron chi connectivity index (χ4n) is 1.74. The van der Waals surface area contributed by atoms with E-state index in [0.717, 1.165) is 16.8 Å². The molecule has 90 valence electrons. The number of anilines is 1. The topological polar surface area (TPSA) is 24.9 Å². The van der Waals surface area contributed by atoms with E-state index in [1.54, 1.807) is 6.07 Å². The Kier molecular flexibility index (Phi) is 3.33. The van der Waals surface area contributed by atoms with Gasteiger partial charge in [0.15, 0.2) is 0 Å². The number of benzene rings is 1. The second kappa shape index (κ2) is 4.61. The number of pyridine rings is 1. The summed E-state index contributed by atoms with van der Waals surface area (Å²) in [4.78, 5) is 4.48. The molecule has 0 amide bonds. The summed E-state index contributed by atoms with van der Waals surface area (Å²) in [6.45, 7) is 4.14. The third-order valence-corrected chi connectivity index (χ3v) is 3.34. The van der Waals surface area contributed by atoms with E-state index in [0.29, 0.717) is 15.9 Å². The molecule has 0 fully saturated rings. The Hall–Kier alpha value is -1.16. The molecule has 1 N–H and O–H groups in total. The third kappa shape index (κ3) is 2.27. The molecule has 0 spiro atoms. The van der Waals surface area contributed by atoms with Crippen molar-refractivity contribution >= 4 is 32.5 Å². The lowest BCUT2D eigenvalue weighted by molar-refractivity contribution is 0.622. The highest BCUT2D eigenvalue weighted by molar-refractivity contribution is 9.10. The number of halogens is 2. The van der Waals surface area contributed by atoms with Crippen LogP contribution in [0.1, 0.15) is 25.5 Å². The van der Waals surface area contributed by atoms with Gasteiger partial charge in [-0.2, -0.15) is 0 Å². The summed E-state index contributed by atoms with van der Waals surface area (Å²) in [5.41, 5.74) is 2.62. The van der Waals surface area contributed by atoms with Gasteiger partial charge >= 0.3 is 0 Å². The van der Waals surface area contributed by atoms with Crippen LogP contribution in [0.25, 0.3) is 10.9 Å². The Morgan fingerprint density at radius 1 is 1.29 bits per heavy atom. The maximum Gasteiger partial charge on any atom is 0.139 e. The van der Waals surface area contributed by atoms with E-state index in [-0.39, 0.29) is 5.82 Å². The summed E-state index contributed by atoms with van der Waals surface area (Å²) >= 11 is 3.20. The van der Waals surface area contributed by atoms with E-state index in [4.69, 9.17) is 0 Å². The van der Waals surface area contributed by atoms with Crippen molar-refractivity contribution in [3.05, 3.63) is 34.2 Å². The van der Waals surface area contributed by atoms with Gasteiger partial charge in [-0.3, -0.25) is 4.98 Å². The van der Waals surface area contributed by atoms with E-state index in [1.807, 2.05) is 13.1 Å². The fourth-order valence-corrected chi connectivity index (χ4v) is 2.09. The molecule has 0 aliphatic carbocycles. The van der Waals surface area contributed by atoms with E-state index < -0.39 is 0 Å². The molecule has 0 saturated heterocycles. The summed E-state index contributed by atoms with van der Waals surface area (Å²) in [6, 6.07) is 5.23. The van der Waals surface area contributed by atoms with Gasteiger partial charge in [0, 0.05) is 29.9 Å². The maximum absolute atomic E-state index is 13.5. The molecule has 0 bridgehead atoms. The third-order valence-electron chi connectivity index (χ3n) is 2.73. The van der Waals surface area contributed by atoms with Crippen LogP contribution in [0.2, 0.25) is 0 Å². The smallest absolute Gasteiger partial charge is 0.139 e. The zero-order chi connectivity index (χ0) is 12.6. The number of fused-ring (bicyclic) bond motifs is 1. The van der Waals surface area contributed by atoms with Gasteiger partial charge in [-0.25, -0.2) is 4.39 Å². The van der Waals surface area contributed by atoms with Crippen molar-refractivity contribution in [1.82, 2.24) is 4.98 Å². The summed E-state index contributed by atoms with van der Waals surface area (Å²) in [5.74, 6) is 0.0335. The van der Waals surface area contributed by atoms with E-state index in [9.17, 15) is 4.39 Å². The zero-order valence-electron chi connectivity index (χ0n) is 10.0. The second-order valence-electron chi connectivity index (χ2n) is 4.28. The van der Waals surface area contributed by atoms with Crippen LogP contribution in [-0.2, 0) is 0 Å². The minimum atomic E-state index is -0.284. The van der Waals surface area contributed by atoms with Crippen LogP contribution in [0.5, 0.6) is 0 Å². The Labute approximate surface area is 108 Å². The van der Waals surface area contributed by atoms with Crippen molar-refractivity contribution in [1.29, 1.82) is 0 Å². The van der Waals surface area contributed by atoms with Gasteiger partial charge in [0.05, 0.1) is 9.99 Å². The maximum atomic E-state index is 13.5. The lowest BCUT2D eigenvalue weighted by Gasteiger charge is -2.12. The standard InChI is InChI=1S/C13H14BrFN2/c1-7(2)11-6-12(16-3)8-4-9(14)10(15)5-13(8)17-11/h4-7H,1-3H3,(H,16,17). The van der Waals surface area contributed by atoms with Crippen LogP contribution in [0.4, 0.5) is 10.1 Å². The quantitative estimate of drug-likeness (QED) is 0.894. The van der Waals surface area contributed by atoms with Crippen molar-refractivity contribution in [2.24, 2.45) is 0 Å². The molecule has 2 rings (SSSR count). The van der Waals surface area contributed by atoms with E-state index in [1.165, 1.54) is 6.07 Å². The molecule has 1 aromatic carbocycles. The lowest BCUT2D eigenvalue weighted by atomic mass is 10.1. The minimum Gasteiger partial charge on any atom is -0.388 e. The second-order valence-corrected chi connectivity index (χ2v) is 5.14. The molecule has 17 heavy (non-hydrogen) atoms. The van der Waals surface area contributed by atoms with Crippen molar-refractivity contribution in [3.63, 3.8) is 0 Å². The Balaban J connectivity index is 2.78. The van der Waals surface area contributed by atoms with Gasteiger partial charge in [0.25, 0.3) is 0 Å². The van der Waals surface area contributed by atoms with Crippen LogP contribution in [0.3, 0.4) is 0 Å². The molecule has 2 nitrogen and oxygen atoms in total. The van der Waals surface area contributed by atoms with Crippen LogP contribution in [0.15, 0.2) is 22.7 Å². The number of hydrogen-bond acceptors (Lipinski definition) is 2. The first-order valence-electron chi connectivity index (χ1n) is 5.50. The number of nitrogens with one attached hydrogen (secondary N) is 1. The predicted octanol–water partition coefficient (Wildman–Crippen LogP) is 4.30. The SMILES string of the molecule is CNc1cc(C(C)C)nc2cc(F)c(Br)cc12. The highest BCUT2D eigenvalue weighted by Crippen LogP contribution is 2.30. The normalized spacial score (nSPS) is 11.2. The summed E-state index contributed by atoms with van der Waals surface area (Å²) < 4.78 is 14.0. The summed E-state index contributed by atoms with van der Waals surface area (Å²) in [6.07, 6.45) is 0. The molecule has 1 heterocycles. The van der Waals surface area contributed by atoms with Gasteiger partial charge in [-0.15, -0.1) is 0 Å². The van der Waals surface area contributed by atoms with Gasteiger partial charge < -0.3 is 5.32 Å². The van der Waals surface area contributed by atoms with Crippen molar-refractivity contribution in [2.75, 3.05) is 12.4 Å². The molecule has 1 aromatic heterocycles. The fraction of sp³-hybridized carbons (Fsp3) is 0.308. The first kappa shape index (κ1) is 12.3. The van der Waals surface area contributed by atoms with E-state index >= 15 is 0 Å². The largest absolute Gasteiger partial charge is 0.388 e. The molecule has 4 heteroatoms. The average Bonchev–Trinajstić information content (AvgIpc) is 2.29. The van der Waals surface area contributed by atoms with Crippen molar-refractivity contribution in [3.8, 4) is 0 Å². The van der Waals surface area contributed by atoms with Crippen molar-refractivity contribution in [2.45, 2.75) is 19.8 Å². The lowest BCUT2D eigenvalue weighted by Crippen LogP contribution is -1.98. The number of nitrogens with zero attached hydrogens (tertiary/aromatic N) is 1. The van der Waals surface area contributed by atoms with Gasteiger partial charge in [-0.1, -0.05) is 13.8 Å². The van der Waals surface area contributed by atoms with Crippen LogP contribution in [-0.4, -0.2) is 12.0 Å². The number of hydrogen-bond donors (Lipinski definition) is 1. The van der Waals surface area contributed by atoms with Crippen LogP contribution in [0, 0.1) is 5.82 Å². The van der Waals surface area contributed by atoms with Gasteiger partial charge in [0.2, 0.25) is 0 Å². The number of aromatic nitrogens is 1. The number of rotatable bonds is 2. The van der Waals surface area contributed by atoms with Gasteiger partial charge in [0.1, 0.15) is 5.82 Å². The summed E-state index contributed by atoms with van der Waals surface area (Å²) in [5, 5.41) is 4.05. The molecule has 0 atom stereocenters. The first-order valence-corrected chi connectivity index (χ1v) is 6.29. The molecule has 0 aliphatic rings. The van der Waals surface area contributed by atoms with E-state index in [2.05, 4.69) is 40.1 Å². The van der Waals surface area contributed by atoms with Gasteiger partial charge in [-0.05, 0) is 34.0 Å². The Morgan fingerprint density at radius 2 is 2.00 bits per heavy atom. The Bertz CT molecular complexity index is 567. The minimum absolute atomic E-state index is 0.284. The molecule has 0 aliphatic heterocycles. The molecule has 2 aromatic rings. The predicted molar refractivity (Wildman–Crippen MR) is 73.0 cm³/mol. The molecule has 0 radical (unpaired) electrons. The van der Waals surface area contributed by atoms with Crippen LogP contribution >= 0.6 is 15.9 Å². The highest BCUT2D eigenvalue weighted by Gasteiger charge is 2.10. The monoisotopic (exact) mass is 296 g/mol. The summed E-state index contributed by atoms with van der Waals surface area (Å²) in [7, 11) is 1.86. The molecule has 0 unspecified atom stereocenters. The highest BCUT2D eigenvalue weighted by atomic mass is 79.9. The first-order chi connectivity index (χ1) is 8.02. The Morgan fingerprint density at radius 3 is 2.59 bits per heavy atom. The average molecular weight is 297 g/mol. The molecular weight excluding hydrogens is 283 g/mol. The van der Waals surface area contributed by atoms with Crippen molar-refractivity contribution < 1.29 is 4.39 Å². The van der Waals surface area contributed by atoms with Crippen LogP contribution < -0.4 is 5.32 Å². The molecular formula is C13H14BrFN2.